The topological polar surface area (TPSA) is 92.6 Å². The molecule has 7 nitrogen and oxygen atoms in total. The van der Waals surface area contributed by atoms with E-state index in [1.165, 1.54) is 28.8 Å². The summed E-state index contributed by atoms with van der Waals surface area (Å²) in [5.74, 6) is 0.178. The Morgan fingerprint density at radius 1 is 1.12 bits per heavy atom. The molecule has 0 aliphatic heterocycles. The summed E-state index contributed by atoms with van der Waals surface area (Å²) < 4.78 is 0. The predicted octanol–water partition coefficient (Wildman–Crippen LogP) is 5.47. The van der Waals surface area contributed by atoms with Crippen LogP contribution in [-0.2, 0) is 21.9 Å². The maximum Gasteiger partial charge on any atom is 0.269 e. The lowest BCUT2D eigenvalue weighted by Crippen LogP contribution is -2.51. The molecular weight excluding hydrogens is 485 g/mol. The second-order valence-electron chi connectivity index (χ2n) is 7.73. The molecule has 0 heterocycles. The Morgan fingerprint density at radius 2 is 1.73 bits per heavy atom. The minimum Gasteiger partial charge on any atom is -0.352 e. The maximum absolute atomic E-state index is 13.2. The van der Waals surface area contributed by atoms with Crippen molar-refractivity contribution in [1.82, 2.24) is 10.2 Å². The van der Waals surface area contributed by atoms with Gasteiger partial charge in [0.1, 0.15) is 6.04 Å². The van der Waals surface area contributed by atoms with Crippen molar-refractivity contribution >= 4 is 52.5 Å². The summed E-state index contributed by atoms with van der Waals surface area (Å²) >= 11 is 14.0. The number of thioether (sulfide) groups is 1. The van der Waals surface area contributed by atoms with E-state index in [4.69, 9.17) is 23.2 Å². The lowest BCUT2D eigenvalue weighted by molar-refractivity contribution is -0.384. The van der Waals surface area contributed by atoms with E-state index in [9.17, 15) is 19.7 Å². The standard InChI is InChI=1S/C23H27Cl2N3O4S/c1-4-21(23(30)26-15(2)3)27(12-18-19(24)6-5-7-20(18)25)22(29)14-33-13-16-8-10-17(11-9-16)28(31)32/h5-11,15,21H,4,12-14H2,1-3H3,(H,26,30). The fourth-order valence-corrected chi connectivity index (χ4v) is 4.59. The van der Waals surface area contributed by atoms with Crippen molar-refractivity contribution in [2.75, 3.05) is 5.75 Å². The number of amides is 2. The molecule has 2 aromatic rings. The summed E-state index contributed by atoms with van der Waals surface area (Å²) in [5.41, 5.74) is 1.47. The molecule has 2 rings (SSSR count). The van der Waals surface area contributed by atoms with Gasteiger partial charge in [-0.1, -0.05) is 48.3 Å². The van der Waals surface area contributed by atoms with Crippen LogP contribution < -0.4 is 5.32 Å². The van der Waals surface area contributed by atoms with Crippen molar-refractivity contribution in [3.05, 3.63) is 73.8 Å². The van der Waals surface area contributed by atoms with Crippen LogP contribution in [0.15, 0.2) is 42.5 Å². The van der Waals surface area contributed by atoms with E-state index >= 15 is 0 Å². The first-order valence-electron chi connectivity index (χ1n) is 10.5. The van der Waals surface area contributed by atoms with Gasteiger partial charge in [-0.3, -0.25) is 19.7 Å². The molecule has 2 aromatic carbocycles. The molecular formula is C23H27Cl2N3O4S. The number of hydrogen-bond donors (Lipinski definition) is 1. The van der Waals surface area contributed by atoms with Gasteiger partial charge in [-0.15, -0.1) is 11.8 Å². The molecule has 178 valence electrons. The average molecular weight is 512 g/mol. The molecule has 1 N–H and O–H groups in total. The van der Waals surface area contributed by atoms with Gasteiger partial charge in [0.2, 0.25) is 11.8 Å². The Labute approximate surface area is 208 Å². The van der Waals surface area contributed by atoms with Gasteiger partial charge in [-0.25, -0.2) is 0 Å². The fraction of sp³-hybridized carbons (Fsp3) is 0.391. The third-order valence-corrected chi connectivity index (χ3v) is 6.55. The number of benzene rings is 2. The summed E-state index contributed by atoms with van der Waals surface area (Å²) in [5, 5.41) is 14.5. The van der Waals surface area contributed by atoms with Gasteiger partial charge in [0.15, 0.2) is 0 Å². The molecule has 0 saturated heterocycles. The monoisotopic (exact) mass is 511 g/mol. The van der Waals surface area contributed by atoms with E-state index in [1.54, 1.807) is 30.3 Å². The van der Waals surface area contributed by atoms with E-state index in [0.29, 0.717) is 27.8 Å². The molecule has 0 radical (unpaired) electrons. The first kappa shape index (κ1) is 27.0. The molecule has 0 spiro atoms. The van der Waals surface area contributed by atoms with Gasteiger partial charge in [0.25, 0.3) is 5.69 Å². The van der Waals surface area contributed by atoms with Crippen molar-refractivity contribution < 1.29 is 14.5 Å². The Morgan fingerprint density at radius 3 is 2.24 bits per heavy atom. The highest BCUT2D eigenvalue weighted by Crippen LogP contribution is 2.27. The largest absolute Gasteiger partial charge is 0.352 e. The molecule has 0 fully saturated rings. The maximum atomic E-state index is 13.2. The molecule has 33 heavy (non-hydrogen) atoms. The third-order valence-electron chi connectivity index (χ3n) is 4.85. The van der Waals surface area contributed by atoms with Crippen molar-refractivity contribution in [3.63, 3.8) is 0 Å². The zero-order chi connectivity index (χ0) is 24.5. The van der Waals surface area contributed by atoms with E-state index < -0.39 is 11.0 Å². The number of nitrogens with zero attached hydrogens (tertiary/aromatic N) is 2. The fourth-order valence-electron chi connectivity index (χ4n) is 3.21. The smallest absolute Gasteiger partial charge is 0.269 e. The minimum absolute atomic E-state index is 0.0181. The Kier molecular flexibility index (Phi) is 10.5. The van der Waals surface area contributed by atoms with Gasteiger partial charge in [-0.2, -0.15) is 0 Å². The van der Waals surface area contributed by atoms with E-state index in [1.807, 2.05) is 20.8 Å². The SMILES string of the molecule is CCC(C(=O)NC(C)C)N(Cc1c(Cl)cccc1Cl)C(=O)CSCc1ccc([N+](=O)[O-])cc1. The van der Waals surface area contributed by atoms with Crippen LogP contribution in [0, 0.1) is 10.1 Å². The average Bonchev–Trinajstić information content (AvgIpc) is 2.75. The van der Waals surface area contributed by atoms with Crippen LogP contribution in [0.5, 0.6) is 0 Å². The lowest BCUT2D eigenvalue weighted by Gasteiger charge is -2.31. The summed E-state index contributed by atoms with van der Waals surface area (Å²) in [6, 6.07) is 10.6. The Balaban J connectivity index is 2.17. The predicted molar refractivity (Wildman–Crippen MR) is 134 cm³/mol. The normalized spacial score (nSPS) is 11.8. The van der Waals surface area contributed by atoms with Gasteiger partial charge >= 0.3 is 0 Å². The summed E-state index contributed by atoms with van der Waals surface area (Å²) in [4.78, 5) is 38.0. The van der Waals surface area contributed by atoms with Crippen molar-refractivity contribution in [2.24, 2.45) is 0 Å². The van der Waals surface area contributed by atoms with Crippen LogP contribution >= 0.6 is 35.0 Å². The zero-order valence-corrected chi connectivity index (χ0v) is 21.0. The van der Waals surface area contributed by atoms with Gasteiger partial charge in [0.05, 0.1) is 10.7 Å². The summed E-state index contributed by atoms with van der Waals surface area (Å²) in [6.07, 6.45) is 0.430. The molecule has 10 heteroatoms. The molecule has 0 aliphatic rings. The zero-order valence-electron chi connectivity index (χ0n) is 18.7. The highest BCUT2D eigenvalue weighted by atomic mass is 35.5. The molecule has 0 bridgehead atoms. The molecule has 1 unspecified atom stereocenters. The summed E-state index contributed by atoms with van der Waals surface area (Å²) in [6.45, 7) is 5.69. The van der Waals surface area contributed by atoms with Crippen LogP contribution in [0.1, 0.15) is 38.3 Å². The van der Waals surface area contributed by atoms with Crippen molar-refractivity contribution in [1.29, 1.82) is 0 Å². The first-order valence-corrected chi connectivity index (χ1v) is 12.4. The van der Waals surface area contributed by atoms with Crippen LogP contribution in [0.25, 0.3) is 0 Å². The lowest BCUT2D eigenvalue weighted by atomic mass is 10.1. The van der Waals surface area contributed by atoms with Gasteiger partial charge < -0.3 is 10.2 Å². The molecule has 2 amide bonds. The molecule has 0 saturated carbocycles. The number of hydrogen-bond acceptors (Lipinski definition) is 5. The number of nitro benzene ring substituents is 1. The van der Waals surface area contributed by atoms with E-state index in [-0.39, 0.29) is 35.8 Å². The quantitative estimate of drug-likeness (QED) is 0.319. The highest BCUT2D eigenvalue weighted by Gasteiger charge is 2.29. The Bertz CT molecular complexity index is 966. The second-order valence-corrected chi connectivity index (χ2v) is 9.53. The minimum atomic E-state index is -0.674. The summed E-state index contributed by atoms with van der Waals surface area (Å²) in [7, 11) is 0. The molecule has 1 atom stereocenters. The number of nitro groups is 1. The number of halogens is 2. The third kappa shape index (κ3) is 7.91. The second kappa shape index (κ2) is 12.8. The van der Waals surface area contributed by atoms with Crippen LogP contribution in [0.3, 0.4) is 0 Å². The van der Waals surface area contributed by atoms with Crippen molar-refractivity contribution in [2.45, 2.75) is 51.6 Å². The van der Waals surface area contributed by atoms with E-state index in [0.717, 1.165) is 5.56 Å². The number of carbonyl (C=O) groups is 2. The number of non-ortho nitro benzene ring substituents is 1. The number of rotatable bonds is 11. The number of carbonyl (C=O) groups excluding carboxylic acids is 2. The Hall–Kier alpha value is -2.29. The van der Waals surface area contributed by atoms with Crippen molar-refractivity contribution in [3.8, 4) is 0 Å². The van der Waals surface area contributed by atoms with Crippen LogP contribution in [0.2, 0.25) is 10.0 Å². The van der Waals surface area contributed by atoms with Gasteiger partial charge in [0, 0.05) is 46.1 Å². The van der Waals surface area contributed by atoms with Crippen LogP contribution in [0.4, 0.5) is 5.69 Å². The van der Waals surface area contributed by atoms with E-state index in [2.05, 4.69) is 5.32 Å². The number of nitrogens with one attached hydrogen (secondary N) is 1. The first-order chi connectivity index (χ1) is 15.6. The molecule has 0 aromatic heterocycles. The van der Waals surface area contributed by atoms with Crippen LogP contribution in [-0.4, -0.2) is 39.5 Å². The molecule has 0 aliphatic carbocycles. The highest BCUT2D eigenvalue weighted by molar-refractivity contribution is 7.99. The van der Waals surface area contributed by atoms with Gasteiger partial charge in [-0.05, 0) is 38.0 Å².